The predicted molar refractivity (Wildman–Crippen MR) is 148 cm³/mol. The minimum Gasteiger partial charge on any atom is -0.273 e. The largest absolute Gasteiger partial charge is 0.338 e. The number of nitrogens with zero attached hydrogens (tertiary/aromatic N) is 4. The Morgan fingerprint density at radius 2 is 1.02 bits per heavy atom. The van der Waals surface area contributed by atoms with Gasteiger partial charge >= 0.3 is 12.1 Å². The Morgan fingerprint density at radius 3 is 1.59 bits per heavy atom. The first-order valence-corrected chi connectivity index (χ1v) is 13.1. The molecule has 0 spiro atoms. The van der Waals surface area contributed by atoms with Crippen molar-refractivity contribution in [2.24, 2.45) is 11.8 Å². The third-order valence-electron chi connectivity index (χ3n) is 7.40. The summed E-state index contributed by atoms with van der Waals surface area (Å²) in [7, 11) is 2.66. The monoisotopic (exact) mass is 552 g/mol. The molecule has 0 aromatic heterocycles. The highest BCUT2D eigenvalue weighted by Crippen LogP contribution is 2.29. The molecule has 10 heteroatoms. The maximum atomic E-state index is 13.7. The molecule has 0 N–H and O–H groups in total. The van der Waals surface area contributed by atoms with Crippen LogP contribution in [0.25, 0.3) is 0 Å². The first kappa shape index (κ1) is 27.4. The van der Waals surface area contributed by atoms with Gasteiger partial charge in [0.25, 0.3) is 0 Å². The first-order chi connectivity index (χ1) is 19.7. The van der Waals surface area contributed by atoms with Gasteiger partial charge in [0.2, 0.25) is 23.6 Å². The van der Waals surface area contributed by atoms with Crippen LogP contribution in [-0.4, -0.2) is 64.5 Å². The lowest BCUT2D eigenvalue weighted by molar-refractivity contribution is -0.147. The number of carbonyl (C=O) groups is 6. The third-order valence-corrected chi connectivity index (χ3v) is 7.40. The summed E-state index contributed by atoms with van der Waals surface area (Å²) in [5.74, 6) is -4.63. The fraction of sp³-hybridized carbons (Fsp3) is 0.226. The molecule has 41 heavy (non-hydrogen) atoms. The van der Waals surface area contributed by atoms with E-state index in [1.54, 1.807) is 66.7 Å². The van der Waals surface area contributed by atoms with Crippen LogP contribution in [0.3, 0.4) is 0 Å². The Balaban J connectivity index is 1.43. The standard InChI is InChI=1S/C31H28N4O6/c1-32-26(36)24(27(37)33(2)30(32)40)17-21-12-9-13-22(16-21)18-25-28(38)34(19-20-10-5-3-6-11-20)31(41)35(29(25)39)23-14-7-4-8-15-23/h3-16,24-25H,17-19H2,1-2H3. The van der Waals surface area contributed by atoms with Gasteiger partial charge in [-0.2, -0.15) is 0 Å². The highest BCUT2D eigenvalue weighted by Gasteiger charge is 2.46. The number of carbonyl (C=O) groups excluding carboxylic acids is 6. The second-order valence-corrected chi connectivity index (χ2v) is 10.1. The zero-order valence-corrected chi connectivity index (χ0v) is 22.6. The molecule has 0 bridgehead atoms. The van der Waals surface area contributed by atoms with Crippen molar-refractivity contribution < 1.29 is 28.8 Å². The summed E-state index contributed by atoms with van der Waals surface area (Å²) >= 11 is 0. The van der Waals surface area contributed by atoms with Crippen molar-refractivity contribution in [3.05, 3.63) is 102 Å². The van der Waals surface area contributed by atoms with Gasteiger partial charge < -0.3 is 0 Å². The molecule has 0 radical (unpaired) electrons. The van der Waals surface area contributed by atoms with Crippen LogP contribution in [0.15, 0.2) is 84.9 Å². The van der Waals surface area contributed by atoms with Gasteiger partial charge in [0.1, 0.15) is 11.8 Å². The summed E-state index contributed by atoms with van der Waals surface area (Å²) < 4.78 is 0. The second-order valence-electron chi connectivity index (χ2n) is 10.1. The normalized spacial score (nSPS) is 18.5. The molecule has 3 aromatic rings. The highest BCUT2D eigenvalue weighted by molar-refractivity contribution is 6.27. The molecule has 8 amide bonds. The minimum atomic E-state index is -1.17. The number of anilines is 1. The van der Waals surface area contributed by atoms with Gasteiger partial charge in [-0.25, -0.2) is 14.5 Å². The number of benzene rings is 3. The number of para-hydroxylation sites is 1. The van der Waals surface area contributed by atoms with Crippen LogP contribution in [-0.2, 0) is 38.6 Å². The molecule has 2 fully saturated rings. The number of urea groups is 2. The summed E-state index contributed by atoms with van der Waals surface area (Å²) in [6.07, 6.45) is 0.0625. The Kier molecular flexibility index (Phi) is 7.47. The van der Waals surface area contributed by atoms with Crippen LogP contribution in [0.5, 0.6) is 0 Å². The van der Waals surface area contributed by atoms with E-state index < -0.39 is 47.5 Å². The Hall–Kier alpha value is -5.12. The molecule has 2 aliphatic rings. The molecule has 3 aromatic carbocycles. The van der Waals surface area contributed by atoms with E-state index >= 15 is 0 Å². The zero-order chi connectivity index (χ0) is 29.3. The van der Waals surface area contributed by atoms with E-state index in [-0.39, 0.29) is 19.4 Å². The van der Waals surface area contributed by atoms with Gasteiger partial charge in [0.15, 0.2) is 0 Å². The summed E-state index contributed by atoms with van der Waals surface area (Å²) in [6.45, 7) is 0.0112. The lowest BCUT2D eigenvalue weighted by Gasteiger charge is -2.37. The number of imide groups is 4. The van der Waals surface area contributed by atoms with E-state index in [1.165, 1.54) is 14.1 Å². The molecular formula is C31H28N4O6. The van der Waals surface area contributed by atoms with E-state index in [1.807, 2.05) is 18.2 Å². The molecule has 2 heterocycles. The van der Waals surface area contributed by atoms with E-state index in [9.17, 15) is 28.8 Å². The van der Waals surface area contributed by atoms with Gasteiger partial charge in [-0.05, 0) is 41.7 Å². The first-order valence-electron chi connectivity index (χ1n) is 13.1. The van der Waals surface area contributed by atoms with Crippen molar-refractivity contribution in [3.63, 3.8) is 0 Å². The van der Waals surface area contributed by atoms with E-state index in [0.717, 1.165) is 25.2 Å². The maximum absolute atomic E-state index is 13.7. The lowest BCUT2D eigenvalue weighted by Crippen LogP contribution is -2.60. The Labute approximate surface area is 236 Å². The van der Waals surface area contributed by atoms with Crippen LogP contribution in [0, 0.1) is 11.8 Å². The number of hydrogen-bond acceptors (Lipinski definition) is 6. The van der Waals surface area contributed by atoms with E-state index in [2.05, 4.69) is 0 Å². The lowest BCUT2D eigenvalue weighted by atomic mass is 9.90. The van der Waals surface area contributed by atoms with Crippen LogP contribution < -0.4 is 4.90 Å². The summed E-state index contributed by atoms with van der Waals surface area (Å²) in [5, 5.41) is 0. The maximum Gasteiger partial charge on any atom is 0.338 e. The molecule has 208 valence electrons. The zero-order valence-electron chi connectivity index (χ0n) is 22.6. The van der Waals surface area contributed by atoms with Gasteiger partial charge in [-0.15, -0.1) is 0 Å². The Morgan fingerprint density at radius 1 is 0.537 bits per heavy atom. The second kappa shape index (κ2) is 11.2. The number of amides is 8. The van der Waals surface area contributed by atoms with Crippen LogP contribution >= 0.6 is 0 Å². The molecule has 2 aliphatic heterocycles. The SMILES string of the molecule is CN1C(=O)C(Cc2cccc(CC3C(=O)N(Cc4ccccc4)C(=O)N(c4ccccc4)C3=O)c2)C(=O)N(C)C1=O. The minimum absolute atomic E-state index is 0.0112. The van der Waals surface area contributed by atoms with Gasteiger partial charge in [0.05, 0.1) is 12.2 Å². The summed E-state index contributed by atoms with van der Waals surface area (Å²) in [6, 6.07) is 23.1. The number of hydrogen-bond donors (Lipinski definition) is 0. The van der Waals surface area contributed by atoms with Crippen LogP contribution in [0.4, 0.5) is 15.3 Å². The molecule has 1 unspecified atom stereocenters. The molecule has 10 nitrogen and oxygen atoms in total. The average molecular weight is 553 g/mol. The molecule has 0 aliphatic carbocycles. The number of barbiturate groups is 2. The average Bonchev–Trinajstić information content (AvgIpc) is 2.99. The van der Waals surface area contributed by atoms with Gasteiger partial charge in [0, 0.05) is 14.1 Å². The van der Waals surface area contributed by atoms with Crippen molar-refractivity contribution >= 4 is 41.4 Å². The molecule has 1 atom stereocenters. The molecule has 0 saturated carbocycles. The predicted octanol–water partition coefficient (Wildman–Crippen LogP) is 3.25. The van der Waals surface area contributed by atoms with Crippen molar-refractivity contribution in [2.75, 3.05) is 19.0 Å². The quantitative estimate of drug-likeness (QED) is 0.416. The molecular weight excluding hydrogens is 524 g/mol. The van der Waals surface area contributed by atoms with Crippen LogP contribution in [0.1, 0.15) is 16.7 Å². The molecule has 2 saturated heterocycles. The number of rotatable bonds is 7. The smallest absolute Gasteiger partial charge is 0.273 e. The summed E-state index contributed by atoms with van der Waals surface area (Å²) in [5.41, 5.74) is 2.37. The topological polar surface area (TPSA) is 115 Å². The molecule has 5 rings (SSSR count). The highest BCUT2D eigenvalue weighted by atomic mass is 16.2. The van der Waals surface area contributed by atoms with Gasteiger partial charge in [-0.3, -0.25) is 33.9 Å². The van der Waals surface area contributed by atoms with E-state index in [4.69, 9.17) is 0 Å². The summed E-state index contributed by atoms with van der Waals surface area (Å²) in [4.78, 5) is 82.3. The fourth-order valence-corrected chi connectivity index (χ4v) is 5.18. The van der Waals surface area contributed by atoms with E-state index in [0.29, 0.717) is 16.8 Å². The van der Waals surface area contributed by atoms with Crippen molar-refractivity contribution in [1.82, 2.24) is 14.7 Å². The van der Waals surface area contributed by atoms with Gasteiger partial charge in [-0.1, -0.05) is 72.8 Å². The van der Waals surface area contributed by atoms with Crippen molar-refractivity contribution in [3.8, 4) is 0 Å². The van der Waals surface area contributed by atoms with Crippen molar-refractivity contribution in [2.45, 2.75) is 19.4 Å². The fourth-order valence-electron chi connectivity index (χ4n) is 5.18. The third kappa shape index (κ3) is 5.23. The van der Waals surface area contributed by atoms with Crippen molar-refractivity contribution in [1.29, 1.82) is 0 Å². The van der Waals surface area contributed by atoms with Crippen LogP contribution in [0.2, 0.25) is 0 Å². The Bertz CT molecular complexity index is 1520.